The van der Waals surface area contributed by atoms with Gasteiger partial charge in [0.25, 0.3) is 0 Å². The fourth-order valence-electron chi connectivity index (χ4n) is 2.43. The molecule has 0 fully saturated rings. The minimum Gasteiger partial charge on any atom is -0.508 e. The molecule has 0 amide bonds. The van der Waals surface area contributed by atoms with E-state index in [2.05, 4.69) is 35.7 Å². The molecule has 0 atom stereocenters. The Hall–Kier alpha value is -2.55. The molecule has 0 spiro atoms. The average molecular weight is 264 g/mol. The molecule has 100 valence electrons. The van der Waals surface area contributed by atoms with Crippen molar-refractivity contribution < 1.29 is 5.11 Å². The standard InChI is InChI=1S/C17H16N2O/c1-12-16(11-18-13-6-5-7-14(20)10-13)15-8-3-4-9-17(15)19(12)2/h3-11,20H,1-2H3. The number of benzene rings is 2. The molecule has 3 heteroatoms. The van der Waals surface area contributed by atoms with Crippen LogP contribution in [-0.2, 0) is 7.05 Å². The van der Waals surface area contributed by atoms with Crippen molar-refractivity contribution in [3.05, 3.63) is 59.8 Å². The third kappa shape index (κ3) is 2.07. The predicted molar refractivity (Wildman–Crippen MR) is 83.0 cm³/mol. The lowest BCUT2D eigenvalue weighted by molar-refractivity contribution is 0.475. The van der Waals surface area contributed by atoms with Crippen molar-refractivity contribution in [2.24, 2.45) is 12.0 Å². The second-order valence-corrected chi connectivity index (χ2v) is 4.85. The maximum atomic E-state index is 9.46. The fourth-order valence-corrected chi connectivity index (χ4v) is 2.43. The van der Waals surface area contributed by atoms with E-state index in [0.717, 1.165) is 11.3 Å². The molecule has 1 N–H and O–H groups in total. The topological polar surface area (TPSA) is 37.5 Å². The zero-order valence-electron chi connectivity index (χ0n) is 11.5. The molecule has 3 rings (SSSR count). The molecule has 2 aromatic carbocycles. The molecule has 0 saturated carbocycles. The Bertz CT molecular complexity index is 800. The number of nitrogens with zero attached hydrogens (tertiary/aromatic N) is 2. The van der Waals surface area contributed by atoms with E-state index in [-0.39, 0.29) is 5.75 Å². The highest BCUT2D eigenvalue weighted by Gasteiger charge is 2.08. The van der Waals surface area contributed by atoms with E-state index in [1.807, 2.05) is 24.4 Å². The van der Waals surface area contributed by atoms with Gasteiger partial charge in [-0.2, -0.15) is 0 Å². The Labute approximate surface area is 117 Å². The molecule has 0 radical (unpaired) electrons. The largest absolute Gasteiger partial charge is 0.508 e. The quantitative estimate of drug-likeness (QED) is 0.699. The molecule has 0 aliphatic heterocycles. The summed E-state index contributed by atoms with van der Waals surface area (Å²) in [4.78, 5) is 4.46. The van der Waals surface area contributed by atoms with Gasteiger partial charge in [0, 0.05) is 41.5 Å². The second kappa shape index (κ2) is 4.85. The Balaban J connectivity index is 2.09. The van der Waals surface area contributed by atoms with Crippen LogP contribution in [0.5, 0.6) is 5.75 Å². The third-order valence-electron chi connectivity index (χ3n) is 3.62. The summed E-state index contributed by atoms with van der Waals surface area (Å²) in [5.74, 6) is 0.231. The van der Waals surface area contributed by atoms with Crippen molar-refractivity contribution in [1.29, 1.82) is 0 Å². The zero-order valence-corrected chi connectivity index (χ0v) is 11.5. The highest BCUT2D eigenvalue weighted by atomic mass is 16.3. The van der Waals surface area contributed by atoms with Crippen molar-refractivity contribution in [1.82, 2.24) is 4.57 Å². The van der Waals surface area contributed by atoms with Gasteiger partial charge < -0.3 is 9.67 Å². The number of para-hydroxylation sites is 1. The number of rotatable bonds is 2. The molecule has 1 aromatic heterocycles. The highest BCUT2D eigenvalue weighted by molar-refractivity contribution is 6.01. The summed E-state index contributed by atoms with van der Waals surface area (Å²) < 4.78 is 2.17. The summed E-state index contributed by atoms with van der Waals surface area (Å²) in [6, 6.07) is 15.2. The van der Waals surface area contributed by atoms with E-state index in [0.29, 0.717) is 0 Å². The van der Waals surface area contributed by atoms with Gasteiger partial charge in [0.2, 0.25) is 0 Å². The zero-order chi connectivity index (χ0) is 14.1. The minimum atomic E-state index is 0.231. The van der Waals surface area contributed by atoms with Gasteiger partial charge in [0.1, 0.15) is 5.75 Å². The first-order chi connectivity index (χ1) is 9.66. The van der Waals surface area contributed by atoms with E-state index < -0.39 is 0 Å². The van der Waals surface area contributed by atoms with Crippen LogP contribution in [0.25, 0.3) is 10.9 Å². The Morgan fingerprint density at radius 2 is 1.90 bits per heavy atom. The number of phenols is 1. The minimum absolute atomic E-state index is 0.231. The molecule has 0 unspecified atom stereocenters. The summed E-state index contributed by atoms with van der Waals surface area (Å²) in [7, 11) is 2.06. The van der Waals surface area contributed by atoms with Crippen LogP contribution < -0.4 is 0 Å². The van der Waals surface area contributed by atoms with Crippen molar-refractivity contribution in [3.63, 3.8) is 0 Å². The van der Waals surface area contributed by atoms with Crippen LogP contribution in [0.4, 0.5) is 5.69 Å². The summed E-state index contributed by atoms with van der Waals surface area (Å²) in [5, 5.41) is 10.7. The summed E-state index contributed by atoms with van der Waals surface area (Å²) in [6.45, 7) is 2.09. The first-order valence-electron chi connectivity index (χ1n) is 6.54. The smallest absolute Gasteiger partial charge is 0.117 e. The average Bonchev–Trinajstić information content (AvgIpc) is 2.70. The van der Waals surface area contributed by atoms with Crippen LogP contribution in [0.15, 0.2) is 53.5 Å². The van der Waals surface area contributed by atoms with Gasteiger partial charge in [-0.25, -0.2) is 0 Å². The van der Waals surface area contributed by atoms with Crippen molar-refractivity contribution in [2.45, 2.75) is 6.92 Å². The van der Waals surface area contributed by atoms with E-state index >= 15 is 0 Å². The van der Waals surface area contributed by atoms with Gasteiger partial charge in [0.05, 0.1) is 5.69 Å². The number of hydrogen-bond acceptors (Lipinski definition) is 2. The van der Waals surface area contributed by atoms with Crippen LogP contribution in [0.1, 0.15) is 11.3 Å². The van der Waals surface area contributed by atoms with E-state index in [9.17, 15) is 5.11 Å². The summed E-state index contributed by atoms with van der Waals surface area (Å²) in [5.41, 5.74) is 4.24. The van der Waals surface area contributed by atoms with Crippen LogP contribution >= 0.6 is 0 Å². The number of aryl methyl sites for hydroxylation is 1. The van der Waals surface area contributed by atoms with Crippen LogP contribution in [0.2, 0.25) is 0 Å². The Morgan fingerprint density at radius 3 is 2.70 bits per heavy atom. The second-order valence-electron chi connectivity index (χ2n) is 4.85. The number of fused-ring (bicyclic) bond motifs is 1. The van der Waals surface area contributed by atoms with E-state index in [1.54, 1.807) is 18.2 Å². The number of aromatic nitrogens is 1. The lowest BCUT2D eigenvalue weighted by Crippen LogP contribution is -1.91. The molecule has 3 aromatic rings. The van der Waals surface area contributed by atoms with Crippen LogP contribution in [0, 0.1) is 6.92 Å². The maximum absolute atomic E-state index is 9.46. The molecular formula is C17H16N2O. The number of aliphatic imine (C=N–C) groups is 1. The first-order valence-corrected chi connectivity index (χ1v) is 6.54. The molecule has 0 saturated heterocycles. The molecular weight excluding hydrogens is 248 g/mol. The normalized spacial score (nSPS) is 11.5. The molecule has 20 heavy (non-hydrogen) atoms. The monoisotopic (exact) mass is 264 g/mol. The van der Waals surface area contributed by atoms with Gasteiger partial charge in [-0.1, -0.05) is 24.3 Å². The van der Waals surface area contributed by atoms with Crippen LogP contribution in [0.3, 0.4) is 0 Å². The van der Waals surface area contributed by atoms with E-state index in [1.165, 1.54) is 16.6 Å². The SMILES string of the molecule is Cc1c(C=Nc2cccc(O)c2)c2ccccc2n1C. The Kier molecular flexibility index (Phi) is 3.03. The van der Waals surface area contributed by atoms with Gasteiger partial charge in [0.15, 0.2) is 0 Å². The predicted octanol–water partition coefficient (Wildman–Crippen LogP) is 3.94. The molecule has 3 nitrogen and oxygen atoms in total. The number of aromatic hydroxyl groups is 1. The van der Waals surface area contributed by atoms with Gasteiger partial charge in [-0.05, 0) is 25.1 Å². The van der Waals surface area contributed by atoms with Crippen molar-refractivity contribution in [2.75, 3.05) is 0 Å². The molecule has 0 aliphatic rings. The van der Waals surface area contributed by atoms with Crippen molar-refractivity contribution >= 4 is 22.8 Å². The van der Waals surface area contributed by atoms with Crippen molar-refractivity contribution in [3.8, 4) is 5.75 Å². The maximum Gasteiger partial charge on any atom is 0.117 e. The van der Waals surface area contributed by atoms with E-state index in [4.69, 9.17) is 0 Å². The van der Waals surface area contributed by atoms with Crippen LogP contribution in [-0.4, -0.2) is 15.9 Å². The lowest BCUT2D eigenvalue weighted by atomic mass is 10.1. The Morgan fingerprint density at radius 1 is 1.10 bits per heavy atom. The number of phenolic OH excluding ortho intramolecular Hbond substituents is 1. The first kappa shape index (κ1) is 12.5. The van der Waals surface area contributed by atoms with Gasteiger partial charge in [-0.15, -0.1) is 0 Å². The lowest BCUT2D eigenvalue weighted by Gasteiger charge is -1.98. The molecule has 1 heterocycles. The third-order valence-corrected chi connectivity index (χ3v) is 3.62. The molecule has 0 aliphatic carbocycles. The van der Waals surface area contributed by atoms with Gasteiger partial charge in [-0.3, -0.25) is 4.99 Å². The number of hydrogen-bond donors (Lipinski definition) is 1. The summed E-state index contributed by atoms with van der Waals surface area (Å²) >= 11 is 0. The summed E-state index contributed by atoms with van der Waals surface area (Å²) in [6.07, 6.45) is 1.87. The molecule has 0 bridgehead atoms. The van der Waals surface area contributed by atoms with Gasteiger partial charge >= 0.3 is 0 Å². The fraction of sp³-hybridized carbons (Fsp3) is 0.118. The highest BCUT2D eigenvalue weighted by Crippen LogP contribution is 2.24.